The van der Waals surface area contributed by atoms with Gasteiger partial charge in [-0.15, -0.1) is 0 Å². The summed E-state index contributed by atoms with van der Waals surface area (Å²) in [6.45, 7) is 2.68. The number of nitrogens with zero attached hydrogens (tertiary/aromatic N) is 2. The number of hydrogen-bond acceptors (Lipinski definition) is 6. The number of hydrazone groups is 1. The fraction of sp³-hybridized carbons (Fsp3) is 0.333. The number of piperidine rings is 1. The van der Waals surface area contributed by atoms with Gasteiger partial charge in [-0.3, -0.25) is 19.3 Å². The second-order valence-electron chi connectivity index (χ2n) is 8.54. The van der Waals surface area contributed by atoms with Crippen molar-refractivity contribution >= 4 is 29.1 Å². The maximum Gasteiger partial charge on any atom is 0.276 e. The minimum Gasteiger partial charge on any atom is -0.393 e. The first-order valence-corrected chi connectivity index (χ1v) is 11.0. The molecule has 178 valence electrons. The number of aliphatic hydroxyl groups is 1. The molecular formula is C24H26FN5O4. The number of nitrogens with two attached hydrogens (primary N) is 1. The largest absolute Gasteiger partial charge is 0.393 e. The number of aliphatic hydroxyl groups excluding tert-OH is 1. The molecule has 4 rings (SSSR count). The monoisotopic (exact) mass is 467 g/mol. The molecular weight excluding hydrogens is 441 g/mol. The Kier molecular flexibility index (Phi) is 6.71. The molecule has 2 aliphatic rings. The molecule has 0 aliphatic carbocycles. The molecule has 0 radical (unpaired) electrons. The molecule has 0 saturated carbocycles. The van der Waals surface area contributed by atoms with Crippen LogP contribution in [-0.4, -0.2) is 52.6 Å². The van der Waals surface area contributed by atoms with Gasteiger partial charge in [-0.2, -0.15) is 5.10 Å². The van der Waals surface area contributed by atoms with E-state index in [1.165, 1.54) is 24.3 Å². The predicted octanol–water partition coefficient (Wildman–Crippen LogP) is 1.38. The summed E-state index contributed by atoms with van der Waals surface area (Å²) in [7, 11) is 0. The third-order valence-electron chi connectivity index (χ3n) is 6.25. The molecule has 3 amide bonds. The van der Waals surface area contributed by atoms with Gasteiger partial charge in [0.1, 0.15) is 11.9 Å². The van der Waals surface area contributed by atoms with Crippen molar-refractivity contribution in [3.8, 4) is 0 Å². The lowest BCUT2D eigenvalue weighted by Gasteiger charge is -2.34. The van der Waals surface area contributed by atoms with Gasteiger partial charge in [-0.1, -0.05) is 18.2 Å². The molecule has 1 fully saturated rings. The van der Waals surface area contributed by atoms with Gasteiger partial charge in [0.2, 0.25) is 11.8 Å². The number of fused-ring (bicyclic) bond motifs is 1. The number of carbonyl (C=O) groups excluding carboxylic acids is 3. The van der Waals surface area contributed by atoms with Crippen LogP contribution >= 0.6 is 0 Å². The predicted molar refractivity (Wildman–Crippen MR) is 123 cm³/mol. The first kappa shape index (κ1) is 23.5. The van der Waals surface area contributed by atoms with Crippen LogP contribution in [0.5, 0.6) is 0 Å². The molecule has 2 unspecified atom stereocenters. The van der Waals surface area contributed by atoms with Gasteiger partial charge >= 0.3 is 0 Å². The van der Waals surface area contributed by atoms with Gasteiger partial charge in [0.15, 0.2) is 5.71 Å². The maximum absolute atomic E-state index is 13.2. The molecule has 2 aromatic rings. The highest BCUT2D eigenvalue weighted by atomic mass is 19.1. The molecule has 0 aromatic heterocycles. The van der Waals surface area contributed by atoms with Crippen LogP contribution in [0.25, 0.3) is 0 Å². The Balaban J connectivity index is 1.56. The topological polar surface area (TPSA) is 137 Å². The van der Waals surface area contributed by atoms with E-state index in [-0.39, 0.29) is 5.71 Å². The minimum absolute atomic E-state index is 0.00814. The SMILES string of the molecule is CC(C(=O)N/N=C1\C(=O)Nc2ccc(C(C(N)=O)N3CCC(O)CC3)cc21)c1ccc(F)cc1. The summed E-state index contributed by atoms with van der Waals surface area (Å²) < 4.78 is 13.2. The Labute approximate surface area is 195 Å². The van der Waals surface area contributed by atoms with Crippen LogP contribution in [0.4, 0.5) is 10.1 Å². The molecule has 0 bridgehead atoms. The van der Waals surface area contributed by atoms with E-state index >= 15 is 0 Å². The van der Waals surface area contributed by atoms with E-state index in [1.54, 1.807) is 25.1 Å². The number of anilines is 1. The maximum atomic E-state index is 13.2. The average molecular weight is 468 g/mol. The smallest absolute Gasteiger partial charge is 0.276 e. The molecule has 1 saturated heterocycles. The van der Waals surface area contributed by atoms with Crippen molar-refractivity contribution in [2.45, 2.75) is 37.8 Å². The van der Waals surface area contributed by atoms with Crippen molar-refractivity contribution in [2.24, 2.45) is 10.8 Å². The molecule has 2 aliphatic heterocycles. The second kappa shape index (κ2) is 9.70. The van der Waals surface area contributed by atoms with Gasteiger partial charge in [0, 0.05) is 18.7 Å². The van der Waals surface area contributed by atoms with E-state index in [0.717, 1.165) is 0 Å². The Bertz CT molecular complexity index is 1140. The van der Waals surface area contributed by atoms with Gasteiger partial charge in [0.05, 0.1) is 17.7 Å². The highest BCUT2D eigenvalue weighted by molar-refractivity contribution is 6.53. The third-order valence-corrected chi connectivity index (χ3v) is 6.25. The summed E-state index contributed by atoms with van der Waals surface area (Å²) in [6.07, 6.45) is 0.686. The number of primary amides is 1. The lowest BCUT2D eigenvalue weighted by Crippen LogP contribution is -2.43. The van der Waals surface area contributed by atoms with Crippen LogP contribution < -0.4 is 16.5 Å². The zero-order chi connectivity index (χ0) is 24.4. The summed E-state index contributed by atoms with van der Waals surface area (Å²) in [4.78, 5) is 39.3. The van der Waals surface area contributed by atoms with Crippen molar-refractivity contribution in [1.82, 2.24) is 10.3 Å². The molecule has 2 atom stereocenters. The number of nitrogens with one attached hydrogen (secondary N) is 2. The molecule has 2 heterocycles. The third kappa shape index (κ3) is 4.82. The number of hydrogen-bond donors (Lipinski definition) is 4. The average Bonchev–Trinajstić information content (AvgIpc) is 3.13. The molecule has 9 nitrogen and oxygen atoms in total. The van der Waals surface area contributed by atoms with Crippen molar-refractivity contribution in [3.63, 3.8) is 0 Å². The van der Waals surface area contributed by atoms with Crippen LogP contribution in [-0.2, 0) is 14.4 Å². The fourth-order valence-electron chi connectivity index (χ4n) is 4.26. The van der Waals surface area contributed by atoms with Crippen molar-refractivity contribution in [3.05, 3.63) is 65.0 Å². The van der Waals surface area contributed by atoms with E-state index in [2.05, 4.69) is 15.8 Å². The second-order valence-corrected chi connectivity index (χ2v) is 8.54. The lowest BCUT2D eigenvalue weighted by molar-refractivity contribution is -0.124. The number of carbonyl (C=O) groups is 3. The zero-order valence-electron chi connectivity index (χ0n) is 18.6. The van der Waals surface area contributed by atoms with E-state index in [9.17, 15) is 23.9 Å². The van der Waals surface area contributed by atoms with Gasteiger partial charge < -0.3 is 16.2 Å². The first-order chi connectivity index (χ1) is 16.2. The summed E-state index contributed by atoms with van der Waals surface area (Å²) in [5.41, 5.74) is 10.3. The lowest BCUT2D eigenvalue weighted by atomic mass is 9.97. The zero-order valence-corrected chi connectivity index (χ0v) is 18.6. The minimum atomic E-state index is -0.720. The number of amides is 3. The van der Waals surface area contributed by atoms with Crippen LogP contribution in [0.1, 0.15) is 48.4 Å². The standard InChI is InChI=1S/C24H26FN5O4/c1-13(14-2-5-16(25)6-3-14)23(33)29-28-20-18-12-15(4-7-19(18)27-24(20)34)21(22(26)32)30-10-8-17(31)9-11-30/h2-7,12-13,17,21,31H,8-11H2,1H3,(H2,26,32)(H,29,33)(H,27,28,34). The van der Waals surface area contributed by atoms with Crippen LogP contribution in [0.2, 0.25) is 0 Å². The quantitative estimate of drug-likeness (QED) is 0.476. The molecule has 2 aromatic carbocycles. The highest BCUT2D eigenvalue weighted by Gasteiger charge is 2.32. The Morgan fingerprint density at radius 3 is 2.47 bits per heavy atom. The molecule has 5 N–H and O–H groups in total. The summed E-state index contributed by atoms with van der Waals surface area (Å²) in [5.74, 6) is -2.50. The van der Waals surface area contributed by atoms with E-state index < -0.39 is 41.6 Å². The Hall–Kier alpha value is -3.63. The highest BCUT2D eigenvalue weighted by Crippen LogP contribution is 2.31. The van der Waals surface area contributed by atoms with Gasteiger partial charge in [-0.05, 0) is 55.2 Å². The van der Waals surface area contributed by atoms with E-state index in [0.29, 0.717) is 48.3 Å². The van der Waals surface area contributed by atoms with E-state index in [4.69, 9.17) is 5.73 Å². The van der Waals surface area contributed by atoms with E-state index in [1.807, 2.05) is 4.90 Å². The van der Waals surface area contributed by atoms with Crippen molar-refractivity contribution in [1.29, 1.82) is 0 Å². The number of likely N-dealkylation sites (tertiary alicyclic amines) is 1. The summed E-state index contributed by atoms with van der Waals surface area (Å²) in [6, 6.07) is 9.91. The van der Waals surface area contributed by atoms with Crippen LogP contribution in [0.15, 0.2) is 47.6 Å². The Morgan fingerprint density at radius 1 is 1.18 bits per heavy atom. The molecule has 10 heteroatoms. The first-order valence-electron chi connectivity index (χ1n) is 11.0. The van der Waals surface area contributed by atoms with Gasteiger partial charge in [0.25, 0.3) is 5.91 Å². The number of rotatable bonds is 6. The molecule has 34 heavy (non-hydrogen) atoms. The summed E-state index contributed by atoms with van der Waals surface area (Å²) >= 11 is 0. The Morgan fingerprint density at radius 2 is 1.82 bits per heavy atom. The number of halogens is 1. The normalized spacial score (nSPS) is 19.4. The fourth-order valence-corrected chi connectivity index (χ4v) is 4.26. The number of benzene rings is 2. The summed E-state index contributed by atoms with van der Waals surface area (Å²) in [5, 5.41) is 16.5. The van der Waals surface area contributed by atoms with Crippen molar-refractivity contribution < 1.29 is 23.9 Å². The molecule has 0 spiro atoms. The van der Waals surface area contributed by atoms with Crippen LogP contribution in [0, 0.1) is 5.82 Å². The van der Waals surface area contributed by atoms with Gasteiger partial charge in [-0.25, -0.2) is 9.82 Å². The van der Waals surface area contributed by atoms with Crippen LogP contribution in [0.3, 0.4) is 0 Å². The van der Waals surface area contributed by atoms with Crippen molar-refractivity contribution in [2.75, 3.05) is 18.4 Å².